The Labute approximate surface area is 143 Å². The molecule has 3 aromatic heterocycles. The van der Waals surface area contributed by atoms with Crippen molar-refractivity contribution in [3.8, 4) is 11.5 Å². The highest BCUT2D eigenvalue weighted by Gasteiger charge is 2.13. The molecular weight excluding hydrogens is 316 g/mol. The van der Waals surface area contributed by atoms with Crippen LogP contribution in [0.2, 0.25) is 0 Å². The largest absolute Gasteiger partial charge is 0.337 e. The molecule has 25 heavy (non-hydrogen) atoms. The first-order valence-electron chi connectivity index (χ1n) is 7.98. The normalized spacial score (nSPS) is 10.9. The number of carbonyl (C=O) groups excluding carboxylic acids is 1. The van der Waals surface area contributed by atoms with Crippen LogP contribution in [0, 0.1) is 0 Å². The van der Waals surface area contributed by atoms with Gasteiger partial charge in [-0.05, 0) is 37.3 Å². The molecule has 0 aliphatic heterocycles. The molecule has 0 saturated carbocycles. The van der Waals surface area contributed by atoms with Gasteiger partial charge in [-0.3, -0.25) is 9.78 Å². The number of aromatic amines is 1. The summed E-state index contributed by atoms with van der Waals surface area (Å²) < 4.78 is 1.79. The second-order valence-corrected chi connectivity index (χ2v) is 5.52. The summed E-state index contributed by atoms with van der Waals surface area (Å²) >= 11 is 0. The van der Waals surface area contributed by atoms with Gasteiger partial charge in [0.2, 0.25) is 0 Å². The third kappa shape index (κ3) is 2.87. The first-order valence-corrected chi connectivity index (χ1v) is 7.98. The Balaban J connectivity index is 1.62. The maximum Gasteiger partial charge on any atom is 0.291 e. The van der Waals surface area contributed by atoms with Gasteiger partial charge in [0, 0.05) is 30.8 Å². The number of nitrogens with one attached hydrogen (secondary N) is 2. The first kappa shape index (κ1) is 15.1. The smallest absolute Gasteiger partial charge is 0.291 e. The second-order valence-electron chi connectivity index (χ2n) is 5.52. The molecule has 0 aliphatic carbocycles. The summed E-state index contributed by atoms with van der Waals surface area (Å²) in [7, 11) is 0. The van der Waals surface area contributed by atoms with Gasteiger partial charge in [0.05, 0.1) is 11.0 Å². The standard InChI is InChI=1S/C18H16N6O/c1-2-24-10-9-20-17(24)18(25)21-12-6-7-13-15(11-12)23-16(22-13)14-5-3-4-8-19-14/h3-11H,2H2,1H3,(H,21,25)(H,22,23). The van der Waals surface area contributed by atoms with E-state index in [9.17, 15) is 4.79 Å². The Kier molecular flexibility index (Phi) is 3.74. The Morgan fingerprint density at radius 1 is 1.20 bits per heavy atom. The number of anilines is 1. The fourth-order valence-electron chi connectivity index (χ4n) is 2.67. The molecule has 0 fully saturated rings. The predicted molar refractivity (Wildman–Crippen MR) is 95.2 cm³/mol. The van der Waals surface area contributed by atoms with E-state index in [1.165, 1.54) is 0 Å². The third-order valence-corrected chi connectivity index (χ3v) is 3.91. The van der Waals surface area contributed by atoms with Gasteiger partial charge in [-0.15, -0.1) is 0 Å². The molecule has 0 bridgehead atoms. The van der Waals surface area contributed by atoms with E-state index in [0.29, 0.717) is 23.9 Å². The summed E-state index contributed by atoms with van der Waals surface area (Å²) in [6, 6.07) is 11.2. The van der Waals surface area contributed by atoms with Crippen LogP contribution < -0.4 is 5.32 Å². The zero-order valence-electron chi connectivity index (χ0n) is 13.6. The van der Waals surface area contributed by atoms with Gasteiger partial charge in [-0.25, -0.2) is 9.97 Å². The number of aryl methyl sites for hydroxylation is 1. The molecule has 7 nitrogen and oxygen atoms in total. The number of hydrogen-bond acceptors (Lipinski definition) is 4. The van der Waals surface area contributed by atoms with E-state index >= 15 is 0 Å². The minimum Gasteiger partial charge on any atom is -0.337 e. The summed E-state index contributed by atoms with van der Waals surface area (Å²) in [6.45, 7) is 2.66. The topological polar surface area (TPSA) is 88.5 Å². The molecule has 3 heterocycles. The van der Waals surface area contributed by atoms with Crippen molar-refractivity contribution in [2.75, 3.05) is 5.32 Å². The number of carbonyl (C=O) groups is 1. The molecule has 4 aromatic rings. The lowest BCUT2D eigenvalue weighted by Gasteiger charge is -2.06. The molecule has 0 atom stereocenters. The molecular formula is C18H16N6O. The lowest BCUT2D eigenvalue weighted by Crippen LogP contribution is -2.17. The molecule has 1 aromatic carbocycles. The first-order chi connectivity index (χ1) is 12.2. The minimum atomic E-state index is -0.240. The number of nitrogens with zero attached hydrogens (tertiary/aromatic N) is 4. The van der Waals surface area contributed by atoms with Crippen LogP contribution in [0.15, 0.2) is 55.0 Å². The summed E-state index contributed by atoms with van der Waals surface area (Å²) in [5.74, 6) is 0.845. The molecule has 1 amide bonds. The Hall–Kier alpha value is -3.48. The maximum absolute atomic E-state index is 12.4. The molecule has 0 saturated heterocycles. The van der Waals surface area contributed by atoms with Crippen LogP contribution in [0.5, 0.6) is 0 Å². The van der Waals surface area contributed by atoms with Gasteiger partial charge in [0.1, 0.15) is 5.69 Å². The monoisotopic (exact) mass is 332 g/mol. The maximum atomic E-state index is 12.4. The van der Waals surface area contributed by atoms with Gasteiger partial charge < -0.3 is 14.9 Å². The SMILES string of the molecule is CCn1ccnc1C(=O)Nc1ccc2nc(-c3ccccn3)[nH]c2c1. The van der Waals surface area contributed by atoms with E-state index in [1.54, 1.807) is 23.2 Å². The highest BCUT2D eigenvalue weighted by Crippen LogP contribution is 2.22. The average Bonchev–Trinajstić information content (AvgIpc) is 3.28. The number of pyridine rings is 1. The van der Waals surface area contributed by atoms with Crippen molar-refractivity contribution in [3.63, 3.8) is 0 Å². The minimum absolute atomic E-state index is 0.240. The fraction of sp³-hybridized carbons (Fsp3) is 0.111. The summed E-state index contributed by atoms with van der Waals surface area (Å²) in [5.41, 5.74) is 3.10. The number of hydrogen-bond donors (Lipinski definition) is 2. The molecule has 0 radical (unpaired) electrons. The van der Waals surface area contributed by atoms with Gasteiger partial charge in [-0.2, -0.15) is 0 Å². The molecule has 4 rings (SSSR count). The number of H-pyrrole nitrogens is 1. The van der Waals surface area contributed by atoms with Crippen molar-refractivity contribution in [1.29, 1.82) is 0 Å². The summed E-state index contributed by atoms with van der Waals surface area (Å²) in [6.07, 6.45) is 5.13. The van der Waals surface area contributed by atoms with Crippen molar-refractivity contribution in [1.82, 2.24) is 24.5 Å². The highest BCUT2D eigenvalue weighted by molar-refractivity contribution is 6.02. The number of amides is 1. The fourth-order valence-corrected chi connectivity index (χ4v) is 2.67. The zero-order valence-corrected chi connectivity index (χ0v) is 13.6. The summed E-state index contributed by atoms with van der Waals surface area (Å²) in [4.78, 5) is 28.6. The van der Waals surface area contributed by atoms with Crippen LogP contribution in [-0.4, -0.2) is 30.4 Å². The van der Waals surface area contributed by atoms with Gasteiger partial charge in [-0.1, -0.05) is 6.07 Å². The number of benzene rings is 1. The zero-order chi connectivity index (χ0) is 17.2. The second kappa shape index (κ2) is 6.20. The Morgan fingerprint density at radius 3 is 2.92 bits per heavy atom. The summed E-state index contributed by atoms with van der Waals surface area (Å²) in [5, 5.41) is 2.87. The highest BCUT2D eigenvalue weighted by atomic mass is 16.2. The number of imidazole rings is 2. The van der Waals surface area contributed by atoms with Gasteiger partial charge in [0.25, 0.3) is 5.91 Å². The van der Waals surface area contributed by atoms with Gasteiger partial charge in [0.15, 0.2) is 11.6 Å². The van der Waals surface area contributed by atoms with E-state index in [1.807, 2.05) is 43.3 Å². The molecule has 0 aliphatic rings. The van der Waals surface area contributed by atoms with Crippen LogP contribution in [-0.2, 0) is 6.54 Å². The molecule has 7 heteroatoms. The third-order valence-electron chi connectivity index (χ3n) is 3.91. The predicted octanol–water partition coefficient (Wildman–Crippen LogP) is 3.09. The van der Waals surface area contributed by atoms with Crippen LogP contribution in [0.1, 0.15) is 17.5 Å². The lowest BCUT2D eigenvalue weighted by atomic mass is 10.2. The van der Waals surface area contributed by atoms with Crippen LogP contribution in [0.3, 0.4) is 0 Å². The van der Waals surface area contributed by atoms with E-state index in [0.717, 1.165) is 16.7 Å². The van der Waals surface area contributed by atoms with Crippen molar-refractivity contribution in [3.05, 3.63) is 60.8 Å². The van der Waals surface area contributed by atoms with E-state index in [4.69, 9.17) is 0 Å². The Morgan fingerprint density at radius 2 is 2.12 bits per heavy atom. The van der Waals surface area contributed by atoms with Crippen LogP contribution >= 0.6 is 0 Å². The average molecular weight is 332 g/mol. The van der Waals surface area contributed by atoms with Gasteiger partial charge >= 0.3 is 0 Å². The van der Waals surface area contributed by atoms with E-state index in [-0.39, 0.29) is 5.91 Å². The number of fused-ring (bicyclic) bond motifs is 1. The Bertz CT molecular complexity index is 1030. The van der Waals surface area contributed by atoms with E-state index in [2.05, 4.69) is 25.3 Å². The van der Waals surface area contributed by atoms with E-state index < -0.39 is 0 Å². The number of aromatic nitrogens is 5. The lowest BCUT2D eigenvalue weighted by molar-refractivity contribution is 0.101. The van der Waals surface area contributed by atoms with Crippen LogP contribution in [0.4, 0.5) is 5.69 Å². The van der Waals surface area contributed by atoms with Crippen molar-refractivity contribution >= 4 is 22.6 Å². The van der Waals surface area contributed by atoms with Crippen molar-refractivity contribution < 1.29 is 4.79 Å². The molecule has 0 spiro atoms. The van der Waals surface area contributed by atoms with Crippen LogP contribution in [0.25, 0.3) is 22.6 Å². The van der Waals surface area contributed by atoms with Crippen molar-refractivity contribution in [2.24, 2.45) is 0 Å². The molecule has 124 valence electrons. The quantitative estimate of drug-likeness (QED) is 0.601. The van der Waals surface area contributed by atoms with Crippen molar-refractivity contribution in [2.45, 2.75) is 13.5 Å². The molecule has 2 N–H and O–H groups in total. The molecule has 0 unspecified atom stereocenters. The number of rotatable bonds is 4.